The van der Waals surface area contributed by atoms with Gasteiger partial charge in [-0.1, -0.05) is 37.5 Å². The first kappa shape index (κ1) is 17.3. The molecule has 1 saturated carbocycles. The summed E-state index contributed by atoms with van der Waals surface area (Å²) in [6, 6.07) is 6.88. The maximum absolute atomic E-state index is 13.1. The summed E-state index contributed by atoms with van der Waals surface area (Å²) in [5.74, 6) is -0.639. The number of hydrogen-bond acceptors (Lipinski definition) is 4. The lowest BCUT2D eigenvalue weighted by atomic mass is 9.94. The van der Waals surface area contributed by atoms with Gasteiger partial charge in [-0.3, -0.25) is 4.79 Å². The van der Waals surface area contributed by atoms with Crippen LogP contribution in [0.4, 0.5) is 0 Å². The van der Waals surface area contributed by atoms with Crippen LogP contribution < -0.4 is 0 Å². The number of amides is 1. The first-order valence-electron chi connectivity index (χ1n) is 8.67. The van der Waals surface area contributed by atoms with Crippen molar-refractivity contribution in [3.05, 3.63) is 46.7 Å². The Kier molecular flexibility index (Phi) is 4.93. The van der Waals surface area contributed by atoms with Gasteiger partial charge in [0.1, 0.15) is 5.75 Å². The first-order valence-corrected chi connectivity index (χ1v) is 8.67. The van der Waals surface area contributed by atoms with Crippen LogP contribution in [0.15, 0.2) is 41.1 Å². The molecule has 1 fully saturated rings. The van der Waals surface area contributed by atoms with E-state index in [9.17, 15) is 14.7 Å². The van der Waals surface area contributed by atoms with Crippen molar-refractivity contribution in [3.8, 4) is 5.75 Å². The van der Waals surface area contributed by atoms with E-state index in [0.717, 1.165) is 25.7 Å². The van der Waals surface area contributed by atoms with Gasteiger partial charge in [-0.15, -0.1) is 0 Å². The first-order chi connectivity index (χ1) is 12.0. The number of hydrogen-bond donors (Lipinski definition) is 1. The molecule has 1 aromatic carbocycles. The fourth-order valence-electron chi connectivity index (χ4n) is 3.74. The Morgan fingerprint density at radius 3 is 2.56 bits per heavy atom. The Balaban J connectivity index is 2.06. The number of ether oxygens (including phenoxy) is 1. The summed E-state index contributed by atoms with van der Waals surface area (Å²) < 4.78 is 4.91. The van der Waals surface area contributed by atoms with Gasteiger partial charge in [0.2, 0.25) is 0 Å². The number of carbonyl (C=O) groups excluding carboxylic acids is 2. The quantitative estimate of drug-likeness (QED) is 0.676. The summed E-state index contributed by atoms with van der Waals surface area (Å²) in [4.78, 5) is 27.2. The van der Waals surface area contributed by atoms with Crippen LogP contribution in [0.3, 0.4) is 0 Å². The van der Waals surface area contributed by atoms with Crippen LogP contribution >= 0.6 is 0 Å². The van der Waals surface area contributed by atoms with E-state index in [1.165, 1.54) is 13.5 Å². The Morgan fingerprint density at radius 2 is 1.92 bits per heavy atom. The van der Waals surface area contributed by atoms with Crippen LogP contribution in [0.2, 0.25) is 0 Å². The highest BCUT2D eigenvalue weighted by Gasteiger charge is 2.40. The van der Waals surface area contributed by atoms with E-state index in [2.05, 4.69) is 0 Å². The van der Waals surface area contributed by atoms with Crippen molar-refractivity contribution < 1.29 is 19.4 Å². The molecule has 0 bridgehead atoms. The third-order valence-corrected chi connectivity index (χ3v) is 5.01. The van der Waals surface area contributed by atoms with Gasteiger partial charge >= 0.3 is 5.97 Å². The van der Waals surface area contributed by atoms with Gasteiger partial charge in [0.05, 0.1) is 18.3 Å². The largest absolute Gasteiger partial charge is 0.507 e. The van der Waals surface area contributed by atoms with Crippen molar-refractivity contribution in [1.29, 1.82) is 0 Å². The van der Waals surface area contributed by atoms with Crippen molar-refractivity contribution in [3.63, 3.8) is 0 Å². The standard InChI is InChI=1S/C20H23NO4/c1-13-18(20(24)25-2)16(12-14-8-6-7-11-17(14)22)19(23)21(13)15-9-4-3-5-10-15/h6-8,11-12,15,22H,3-5,9-10H2,1-2H3/b16-12-. The summed E-state index contributed by atoms with van der Waals surface area (Å²) >= 11 is 0. The Bertz CT molecular complexity index is 757. The van der Waals surface area contributed by atoms with Crippen LogP contribution in [-0.2, 0) is 14.3 Å². The third kappa shape index (κ3) is 3.18. The number of allylic oxidation sites excluding steroid dienone is 1. The van der Waals surface area contributed by atoms with E-state index in [4.69, 9.17) is 4.74 Å². The molecule has 0 aromatic heterocycles. The molecule has 1 heterocycles. The molecule has 25 heavy (non-hydrogen) atoms. The summed E-state index contributed by atoms with van der Waals surface area (Å²) in [6.45, 7) is 1.80. The van der Waals surface area contributed by atoms with E-state index >= 15 is 0 Å². The number of benzene rings is 1. The minimum Gasteiger partial charge on any atom is -0.507 e. The molecule has 3 rings (SSSR count). The normalized spacial score (nSPS) is 20.5. The molecule has 5 heteroatoms. The number of para-hydroxylation sites is 1. The summed E-state index contributed by atoms with van der Waals surface area (Å²) in [5.41, 5.74) is 1.73. The molecule has 5 nitrogen and oxygen atoms in total. The number of carbonyl (C=O) groups is 2. The van der Waals surface area contributed by atoms with Gasteiger partial charge in [0.25, 0.3) is 5.91 Å². The Labute approximate surface area is 147 Å². The predicted molar refractivity (Wildman–Crippen MR) is 94.5 cm³/mol. The molecule has 0 saturated heterocycles. The van der Waals surface area contributed by atoms with E-state index in [1.54, 1.807) is 42.2 Å². The predicted octanol–water partition coefficient (Wildman–Crippen LogP) is 3.40. The highest BCUT2D eigenvalue weighted by atomic mass is 16.5. The zero-order valence-corrected chi connectivity index (χ0v) is 14.6. The lowest BCUT2D eigenvalue weighted by Gasteiger charge is -2.32. The number of esters is 1. The molecule has 132 valence electrons. The molecule has 0 radical (unpaired) electrons. The molecule has 1 N–H and O–H groups in total. The minimum atomic E-state index is -0.522. The van der Waals surface area contributed by atoms with Crippen molar-refractivity contribution in [2.75, 3.05) is 7.11 Å². The Hall–Kier alpha value is -2.56. The second-order valence-corrected chi connectivity index (χ2v) is 6.54. The van der Waals surface area contributed by atoms with E-state index in [1.807, 2.05) is 0 Å². The van der Waals surface area contributed by atoms with E-state index < -0.39 is 5.97 Å². The molecule has 1 amide bonds. The van der Waals surface area contributed by atoms with Crippen LogP contribution in [-0.4, -0.2) is 35.0 Å². The minimum absolute atomic E-state index is 0.0702. The second kappa shape index (κ2) is 7.13. The SMILES string of the molecule is COC(=O)C1=C(C)N(C2CCCCC2)C(=O)/C1=C\c1ccccc1O. The zero-order chi connectivity index (χ0) is 18.0. The summed E-state index contributed by atoms with van der Waals surface area (Å²) in [6.07, 6.45) is 6.84. The number of rotatable bonds is 3. The van der Waals surface area contributed by atoms with Crippen LogP contribution in [0, 0.1) is 0 Å². The molecule has 0 unspecified atom stereocenters. The van der Waals surface area contributed by atoms with Crippen LogP contribution in [0.5, 0.6) is 5.75 Å². The lowest BCUT2D eigenvalue weighted by molar-refractivity contribution is -0.136. The maximum Gasteiger partial charge on any atom is 0.340 e. The third-order valence-electron chi connectivity index (χ3n) is 5.01. The van der Waals surface area contributed by atoms with Crippen molar-refractivity contribution in [1.82, 2.24) is 4.90 Å². The van der Waals surface area contributed by atoms with Crippen LogP contribution in [0.25, 0.3) is 6.08 Å². The average molecular weight is 341 g/mol. The molecule has 1 aromatic rings. The number of nitrogens with zero attached hydrogens (tertiary/aromatic N) is 1. The average Bonchev–Trinajstić information content (AvgIpc) is 2.87. The van der Waals surface area contributed by atoms with E-state index in [0.29, 0.717) is 16.8 Å². The maximum atomic E-state index is 13.1. The van der Waals surface area contributed by atoms with Gasteiger partial charge in [-0.05, 0) is 31.9 Å². The smallest absolute Gasteiger partial charge is 0.340 e. The monoisotopic (exact) mass is 341 g/mol. The van der Waals surface area contributed by atoms with Gasteiger partial charge in [0.15, 0.2) is 0 Å². The molecule has 0 atom stereocenters. The van der Waals surface area contributed by atoms with Gasteiger partial charge < -0.3 is 14.7 Å². The Morgan fingerprint density at radius 1 is 1.24 bits per heavy atom. The van der Waals surface area contributed by atoms with E-state index in [-0.39, 0.29) is 23.3 Å². The van der Waals surface area contributed by atoms with Gasteiger partial charge in [0, 0.05) is 17.3 Å². The van der Waals surface area contributed by atoms with Crippen molar-refractivity contribution >= 4 is 18.0 Å². The summed E-state index contributed by atoms with van der Waals surface area (Å²) in [7, 11) is 1.31. The van der Waals surface area contributed by atoms with Gasteiger partial charge in [-0.25, -0.2) is 4.79 Å². The number of phenols is 1. The molecule has 1 aliphatic carbocycles. The number of methoxy groups -OCH3 is 1. The highest BCUT2D eigenvalue weighted by molar-refractivity contribution is 6.16. The molecule has 2 aliphatic rings. The highest BCUT2D eigenvalue weighted by Crippen LogP contribution is 2.37. The topological polar surface area (TPSA) is 66.8 Å². The molecular weight excluding hydrogens is 318 g/mol. The second-order valence-electron chi connectivity index (χ2n) is 6.54. The number of phenolic OH excluding ortho intramolecular Hbond substituents is 1. The molecule has 0 spiro atoms. The summed E-state index contributed by atoms with van der Waals surface area (Å²) in [5, 5.41) is 10.0. The fraction of sp³-hybridized carbons (Fsp3) is 0.400. The fourth-order valence-corrected chi connectivity index (χ4v) is 3.74. The van der Waals surface area contributed by atoms with Gasteiger partial charge in [-0.2, -0.15) is 0 Å². The molecular formula is C20H23NO4. The molecule has 1 aliphatic heterocycles. The zero-order valence-electron chi connectivity index (χ0n) is 14.6. The lowest BCUT2D eigenvalue weighted by Crippen LogP contribution is -2.37. The number of aromatic hydroxyl groups is 1. The van der Waals surface area contributed by atoms with Crippen molar-refractivity contribution in [2.45, 2.75) is 45.1 Å². The van der Waals surface area contributed by atoms with Crippen molar-refractivity contribution in [2.24, 2.45) is 0 Å². The van der Waals surface area contributed by atoms with Crippen LogP contribution in [0.1, 0.15) is 44.6 Å².